The van der Waals surface area contributed by atoms with Gasteiger partial charge in [-0.15, -0.1) is 0 Å². The maximum absolute atomic E-state index is 14.4. The summed E-state index contributed by atoms with van der Waals surface area (Å²) in [6, 6.07) is 15.7. The van der Waals surface area contributed by atoms with Crippen molar-refractivity contribution < 1.29 is 35.3 Å². The Morgan fingerprint density at radius 1 is 0.812 bits per heavy atom. The van der Waals surface area contributed by atoms with Gasteiger partial charge in [0.15, 0.2) is 22.3 Å². The first-order chi connectivity index (χ1) is 15.2. The minimum Gasteiger partial charge on any atom is -0.487 e. The van der Waals surface area contributed by atoms with Gasteiger partial charge < -0.3 is 4.74 Å². The second-order valence-corrected chi connectivity index (χ2v) is 9.34. The van der Waals surface area contributed by atoms with E-state index in [0.29, 0.717) is 6.42 Å². The summed E-state index contributed by atoms with van der Waals surface area (Å²) in [7, 11) is -5.52. The maximum atomic E-state index is 14.4. The predicted octanol–water partition coefficient (Wildman–Crippen LogP) is 5.17. The second kappa shape index (κ2) is 7.31. The third-order valence-corrected chi connectivity index (χ3v) is 7.18. The van der Waals surface area contributed by atoms with Crippen molar-refractivity contribution in [1.82, 2.24) is 0 Å². The highest BCUT2D eigenvalue weighted by atomic mass is 32.2. The molecule has 0 radical (unpaired) electrons. The molecular formula is C23H16F4O4S. The van der Waals surface area contributed by atoms with Gasteiger partial charge in [0.2, 0.25) is 11.6 Å². The molecule has 0 saturated heterocycles. The third-order valence-electron chi connectivity index (χ3n) is 6.31. The van der Waals surface area contributed by atoms with Gasteiger partial charge in [0.25, 0.3) is 0 Å². The number of ether oxygens (including phenoxy) is 1. The lowest BCUT2D eigenvalue weighted by molar-refractivity contribution is 0.186. The molecule has 4 nitrogen and oxygen atoms in total. The number of halogens is 4. The molecule has 9 heteroatoms. The molecule has 0 spiro atoms. The van der Waals surface area contributed by atoms with Crippen LogP contribution < -0.4 is 4.74 Å². The van der Waals surface area contributed by atoms with E-state index in [4.69, 9.17) is 9.29 Å². The monoisotopic (exact) mass is 464 g/mol. The molecule has 1 unspecified atom stereocenters. The van der Waals surface area contributed by atoms with E-state index >= 15 is 0 Å². The van der Waals surface area contributed by atoms with Crippen molar-refractivity contribution in [2.24, 2.45) is 5.92 Å². The largest absolute Gasteiger partial charge is 0.487 e. The second-order valence-electron chi connectivity index (χ2n) is 7.98. The first-order valence-corrected chi connectivity index (χ1v) is 11.3. The van der Waals surface area contributed by atoms with Crippen LogP contribution in [0.1, 0.15) is 40.5 Å². The molecule has 3 aromatic rings. The lowest BCUT2D eigenvalue weighted by Gasteiger charge is -2.45. The van der Waals surface area contributed by atoms with Gasteiger partial charge in [0.05, 0.1) is 6.61 Å². The standard InChI is InChI=1S/C23H16F4O4S/c24-18-20(26)23(32(28,29)30)21(27)19(25)22(18)31-10-11-9-16-12-5-1-3-7-14(12)17(11)15-8-4-2-6-13(15)16/h1-8,11,16-17H,9-10H2,(H,28,29,30). The molecule has 0 amide bonds. The SMILES string of the molecule is O=S(=O)(O)c1c(F)c(F)c(OCC2CC3c4ccccc4C2c2ccccc23)c(F)c1F. The Morgan fingerprint density at radius 3 is 1.75 bits per heavy atom. The first kappa shape index (κ1) is 21.0. The Bertz CT molecular complexity index is 1280. The van der Waals surface area contributed by atoms with Crippen LogP contribution in [0.3, 0.4) is 0 Å². The van der Waals surface area contributed by atoms with Crippen molar-refractivity contribution in [3.05, 3.63) is 94.1 Å². The number of fused-ring (bicyclic) bond motifs is 1. The molecule has 0 aromatic heterocycles. The van der Waals surface area contributed by atoms with Crippen LogP contribution in [0.15, 0.2) is 53.4 Å². The first-order valence-electron chi connectivity index (χ1n) is 9.84. The zero-order valence-electron chi connectivity index (χ0n) is 16.4. The lowest BCUT2D eigenvalue weighted by Crippen LogP contribution is -2.35. The van der Waals surface area contributed by atoms with E-state index in [2.05, 4.69) is 0 Å². The normalized spacial score (nSPS) is 21.2. The zero-order chi connectivity index (χ0) is 22.8. The average molecular weight is 464 g/mol. The van der Waals surface area contributed by atoms with Crippen molar-refractivity contribution >= 4 is 10.1 Å². The van der Waals surface area contributed by atoms with Gasteiger partial charge in [-0.05, 0) is 28.7 Å². The molecule has 1 N–H and O–H groups in total. The minimum absolute atomic E-state index is 0.0473. The van der Waals surface area contributed by atoms with Gasteiger partial charge in [-0.25, -0.2) is 8.78 Å². The fraction of sp³-hybridized carbons (Fsp3) is 0.217. The van der Waals surface area contributed by atoms with Gasteiger partial charge in [0.1, 0.15) is 0 Å². The third kappa shape index (κ3) is 3.02. The highest BCUT2D eigenvalue weighted by molar-refractivity contribution is 7.85. The molecule has 2 bridgehead atoms. The topological polar surface area (TPSA) is 63.6 Å². The summed E-state index contributed by atoms with van der Waals surface area (Å²) in [5, 5.41) is 0. The van der Waals surface area contributed by atoms with Crippen LogP contribution in [0.5, 0.6) is 5.75 Å². The number of rotatable bonds is 4. The molecule has 3 aliphatic rings. The highest BCUT2D eigenvalue weighted by Crippen LogP contribution is 2.55. The van der Waals surface area contributed by atoms with Crippen molar-refractivity contribution in [1.29, 1.82) is 0 Å². The van der Waals surface area contributed by atoms with Crippen molar-refractivity contribution in [3.8, 4) is 5.75 Å². The van der Waals surface area contributed by atoms with Crippen LogP contribution in [-0.4, -0.2) is 19.6 Å². The molecule has 1 atom stereocenters. The number of benzene rings is 3. The lowest BCUT2D eigenvalue weighted by atomic mass is 9.59. The summed E-state index contributed by atoms with van der Waals surface area (Å²) in [5.74, 6) is -10.2. The van der Waals surface area contributed by atoms with Crippen molar-refractivity contribution in [2.45, 2.75) is 23.2 Å². The predicted molar refractivity (Wildman–Crippen MR) is 106 cm³/mol. The summed E-state index contributed by atoms with van der Waals surface area (Å²) in [4.78, 5) is -2.08. The van der Waals surface area contributed by atoms with Crippen molar-refractivity contribution in [3.63, 3.8) is 0 Å². The smallest absolute Gasteiger partial charge is 0.300 e. The molecule has 3 aliphatic carbocycles. The Labute approximate surface area is 181 Å². The van der Waals surface area contributed by atoms with E-state index in [0.717, 1.165) is 11.1 Å². The summed E-state index contributed by atoms with van der Waals surface area (Å²) >= 11 is 0. The highest BCUT2D eigenvalue weighted by Gasteiger charge is 2.43. The summed E-state index contributed by atoms with van der Waals surface area (Å²) in [6.45, 7) is -0.248. The average Bonchev–Trinajstić information content (AvgIpc) is 2.77. The molecule has 32 heavy (non-hydrogen) atoms. The van der Waals surface area contributed by atoms with Crippen LogP contribution >= 0.6 is 0 Å². The quantitative estimate of drug-likeness (QED) is 0.329. The summed E-state index contributed by atoms with van der Waals surface area (Å²) < 4.78 is 93.3. The van der Waals surface area contributed by atoms with Gasteiger partial charge >= 0.3 is 10.1 Å². The molecule has 0 aliphatic heterocycles. The molecule has 0 fully saturated rings. The fourth-order valence-electron chi connectivity index (χ4n) is 5.06. The molecule has 3 aromatic carbocycles. The van der Waals surface area contributed by atoms with Gasteiger partial charge in [-0.1, -0.05) is 48.5 Å². The van der Waals surface area contributed by atoms with Crippen LogP contribution in [0.4, 0.5) is 17.6 Å². The molecule has 0 saturated carbocycles. The Hall–Kier alpha value is -2.91. The van der Waals surface area contributed by atoms with E-state index < -0.39 is 44.0 Å². The van der Waals surface area contributed by atoms with E-state index in [1.54, 1.807) is 0 Å². The molecular weight excluding hydrogens is 448 g/mol. The Morgan fingerprint density at radius 2 is 1.28 bits per heavy atom. The van der Waals surface area contributed by atoms with E-state index in [1.165, 1.54) is 11.1 Å². The van der Waals surface area contributed by atoms with Gasteiger partial charge in [-0.3, -0.25) is 4.55 Å². The minimum atomic E-state index is -5.52. The van der Waals surface area contributed by atoms with E-state index in [9.17, 15) is 26.0 Å². The van der Waals surface area contributed by atoms with Crippen LogP contribution in [0, 0.1) is 29.2 Å². The van der Waals surface area contributed by atoms with E-state index in [-0.39, 0.29) is 24.4 Å². The van der Waals surface area contributed by atoms with Crippen LogP contribution in [0.25, 0.3) is 0 Å². The number of hydrogen-bond acceptors (Lipinski definition) is 3. The molecule has 0 heterocycles. The van der Waals surface area contributed by atoms with Gasteiger partial charge in [-0.2, -0.15) is 17.2 Å². The number of hydrogen-bond donors (Lipinski definition) is 1. The Kier molecular flexibility index (Phi) is 4.79. The van der Waals surface area contributed by atoms with Crippen LogP contribution in [-0.2, 0) is 10.1 Å². The maximum Gasteiger partial charge on any atom is 0.300 e. The van der Waals surface area contributed by atoms with Crippen LogP contribution in [0.2, 0.25) is 0 Å². The zero-order valence-corrected chi connectivity index (χ0v) is 17.2. The fourth-order valence-corrected chi connectivity index (χ4v) is 5.69. The summed E-state index contributed by atoms with van der Waals surface area (Å²) in [5.41, 5.74) is 4.46. The Balaban J connectivity index is 1.51. The molecule has 166 valence electrons. The van der Waals surface area contributed by atoms with Crippen molar-refractivity contribution in [2.75, 3.05) is 6.61 Å². The summed E-state index contributed by atoms with van der Waals surface area (Å²) in [6.07, 6.45) is 0.607. The molecule has 6 rings (SSSR count). The van der Waals surface area contributed by atoms with Gasteiger partial charge in [0, 0.05) is 17.8 Å². The van der Waals surface area contributed by atoms with E-state index in [1.807, 2.05) is 48.5 Å².